The minimum atomic E-state index is -5.66. The van der Waals surface area contributed by atoms with Gasteiger partial charge in [0.15, 0.2) is 31.1 Å². The van der Waals surface area contributed by atoms with Crippen molar-refractivity contribution in [3.63, 3.8) is 0 Å². The monoisotopic (exact) mass is 840 g/mol. The standard InChI is InChI=1S/C23H40N2O25S3/c1-6(2)44-21-10(24-7(3)27)14(30)16(8(4-26)45-21)47-23-18(50-53(40,41)42)15(31)17(19(49-23)20(32)33)48-22-11(25-51(34,35)36)13(29)12(28)9(46-22)5-43-52(37,38)39/h6,8-19,21-23,25-26,28-31H,4-5H2,1-3H3,(H,24,27)(H,32,33)(H,34,35,36)(H,37,38,39)(H,40,41,42)/t8-,9-,10-,11-,12-,13-,14-,15+,16-,17+,18-,19+,21+,22-,23-/m1/s1. The van der Waals surface area contributed by atoms with Gasteiger partial charge in [-0.1, -0.05) is 0 Å². The Morgan fingerprint density at radius 1 is 0.736 bits per heavy atom. The van der Waals surface area contributed by atoms with E-state index in [0.29, 0.717) is 0 Å². The summed E-state index contributed by atoms with van der Waals surface area (Å²) >= 11 is 0. The first kappa shape index (κ1) is 45.5. The third-order valence-corrected chi connectivity index (χ3v) is 9.05. The van der Waals surface area contributed by atoms with Crippen molar-refractivity contribution in [2.24, 2.45) is 0 Å². The molecule has 0 unspecified atom stereocenters. The highest BCUT2D eigenvalue weighted by atomic mass is 32.3. The van der Waals surface area contributed by atoms with E-state index in [1.165, 1.54) is 4.72 Å². The molecule has 3 heterocycles. The molecule has 3 aliphatic heterocycles. The number of ether oxygens (including phenoxy) is 6. The second kappa shape index (κ2) is 17.9. The molecule has 0 aromatic rings. The number of carboxylic acid groups (broad SMARTS) is 1. The van der Waals surface area contributed by atoms with Crippen LogP contribution in [0, 0.1) is 0 Å². The number of hydrogen-bond acceptors (Lipinski definition) is 21. The van der Waals surface area contributed by atoms with Crippen LogP contribution in [0.2, 0.25) is 0 Å². The van der Waals surface area contributed by atoms with Crippen molar-refractivity contribution in [3.8, 4) is 0 Å². The molecule has 27 nitrogen and oxygen atoms in total. The number of aliphatic carboxylic acids is 1. The lowest BCUT2D eigenvalue weighted by Gasteiger charge is -2.49. The molecule has 0 aromatic heterocycles. The van der Waals surface area contributed by atoms with E-state index in [1.54, 1.807) is 13.8 Å². The molecule has 0 aliphatic carbocycles. The van der Waals surface area contributed by atoms with E-state index < -0.39 is 154 Å². The molecule has 0 aromatic carbocycles. The minimum absolute atomic E-state index is 0.576. The van der Waals surface area contributed by atoms with Gasteiger partial charge in [0, 0.05) is 6.92 Å². The molecule has 0 saturated carbocycles. The number of aliphatic hydroxyl groups is 5. The Balaban J connectivity index is 2.03. The van der Waals surface area contributed by atoms with Gasteiger partial charge in [-0.3, -0.25) is 18.5 Å². The Kier molecular flexibility index (Phi) is 15.4. The normalized spacial score (nSPS) is 38.8. The quantitative estimate of drug-likeness (QED) is 0.0643. The molecule has 0 radical (unpaired) electrons. The van der Waals surface area contributed by atoms with Crippen LogP contribution in [-0.2, 0) is 77.5 Å². The predicted molar refractivity (Wildman–Crippen MR) is 161 cm³/mol. The van der Waals surface area contributed by atoms with E-state index in [-0.39, 0.29) is 0 Å². The van der Waals surface area contributed by atoms with Crippen LogP contribution in [0.4, 0.5) is 0 Å². The summed E-state index contributed by atoms with van der Waals surface area (Å²) in [6.07, 6.45) is -29.6. The molecule has 15 atom stereocenters. The van der Waals surface area contributed by atoms with Crippen molar-refractivity contribution < 1.29 is 116 Å². The Labute approximate surface area is 300 Å². The lowest BCUT2D eigenvalue weighted by atomic mass is 9.94. The summed E-state index contributed by atoms with van der Waals surface area (Å²) in [7, 11) is -16.2. The number of nitrogens with one attached hydrogen (secondary N) is 2. The highest BCUT2D eigenvalue weighted by Crippen LogP contribution is 2.35. The van der Waals surface area contributed by atoms with E-state index in [4.69, 9.17) is 33.0 Å². The zero-order valence-corrected chi connectivity index (χ0v) is 29.9. The van der Waals surface area contributed by atoms with E-state index >= 15 is 0 Å². The van der Waals surface area contributed by atoms with Crippen LogP contribution < -0.4 is 10.0 Å². The van der Waals surface area contributed by atoms with Crippen LogP contribution in [0.3, 0.4) is 0 Å². The molecule has 3 aliphatic rings. The molecular formula is C23H40N2O25S3. The minimum Gasteiger partial charge on any atom is -0.479 e. The first-order valence-corrected chi connectivity index (χ1v) is 19.2. The van der Waals surface area contributed by atoms with Gasteiger partial charge < -0.3 is 64.4 Å². The third-order valence-electron chi connectivity index (χ3n) is 7.58. The molecule has 11 N–H and O–H groups in total. The maximum absolute atomic E-state index is 12.4. The van der Waals surface area contributed by atoms with Gasteiger partial charge in [-0.2, -0.15) is 30.0 Å². The van der Waals surface area contributed by atoms with E-state index in [9.17, 15) is 74.6 Å². The fourth-order valence-corrected chi connectivity index (χ4v) is 6.87. The van der Waals surface area contributed by atoms with Crippen LogP contribution in [0.25, 0.3) is 0 Å². The number of carbonyl (C=O) groups is 2. The van der Waals surface area contributed by atoms with E-state index in [0.717, 1.165) is 6.92 Å². The Bertz CT molecular complexity index is 1590. The molecule has 0 spiro atoms. The van der Waals surface area contributed by atoms with Gasteiger partial charge in [-0.15, -0.1) is 0 Å². The zero-order chi connectivity index (χ0) is 40.4. The smallest absolute Gasteiger partial charge is 0.397 e. The van der Waals surface area contributed by atoms with E-state index in [1.807, 2.05) is 0 Å². The van der Waals surface area contributed by atoms with E-state index in [2.05, 4.69) is 13.7 Å². The number of carbonyl (C=O) groups excluding carboxylic acids is 1. The van der Waals surface area contributed by atoms with Crippen molar-refractivity contribution in [1.82, 2.24) is 10.0 Å². The molecule has 3 rings (SSSR count). The van der Waals surface area contributed by atoms with Gasteiger partial charge in [-0.25, -0.2) is 13.2 Å². The molecule has 0 bridgehead atoms. The Hall–Kier alpha value is -1.89. The molecular weight excluding hydrogens is 800 g/mol. The lowest BCUT2D eigenvalue weighted by Crippen LogP contribution is -2.70. The summed E-state index contributed by atoms with van der Waals surface area (Å²) in [5.41, 5.74) is 0. The topological polar surface area (TPSA) is 417 Å². The fourth-order valence-electron chi connectivity index (χ4n) is 5.48. The molecule has 30 heteroatoms. The van der Waals surface area contributed by atoms with Gasteiger partial charge >= 0.3 is 37.1 Å². The second-order valence-corrected chi connectivity index (χ2v) is 15.3. The van der Waals surface area contributed by atoms with Crippen LogP contribution in [0.15, 0.2) is 0 Å². The summed E-state index contributed by atoms with van der Waals surface area (Å²) < 4.78 is 140. The van der Waals surface area contributed by atoms with Gasteiger partial charge in [-0.05, 0) is 13.8 Å². The number of carboxylic acids is 1. The van der Waals surface area contributed by atoms with Crippen molar-refractivity contribution in [3.05, 3.63) is 0 Å². The second-order valence-electron chi connectivity index (χ2n) is 11.9. The molecule has 3 fully saturated rings. The highest BCUT2D eigenvalue weighted by molar-refractivity contribution is 7.83. The van der Waals surface area contributed by atoms with Crippen LogP contribution in [-0.4, -0.2) is 193 Å². The lowest BCUT2D eigenvalue weighted by molar-refractivity contribution is -0.360. The summed E-state index contributed by atoms with van der Waals surface area (Å²) in [5, 5.41) is 65.9. The Morgan fingerprint density at radius 2 is 1.32 bits per heavy atom. The average Bonchev–Trinajstić information content (AvgIpc) is 2.99. The van der Waals surface area contributed by atoms with Crippen molar-refractivity contribution in [1.29, 1.82) is 0 Å². The van der Waals surface area contributed by atoms with Crippen LogP contribution in [0.1, 0.15) is 20.8 Å². The number of aliphatic hydroxyl groups excluding tert-OH is 5. The fraction of sp³-hybridized carbons (Fsp3) is 0.913. The summed E-state index contributed by atoms with van der Waals surface area (Å²) in [5.74, 6) is -2.79. The largest absolute Gasteiger partial charge is 0.479 e. The van der Waals surface area contributed by atoms with Crippen molar-refractivity contribution in [2.75, 3.05) is 13.2 Å². The maximum Gasteiger partial charge on any atom is 0.397 e. The maximum atomic E-state index is 12.4. The summed E-state index contributed by atoms with van der Waals surface area (Å²) in [4.78, 5) is 24.4. The van der Waals surface area contributed by atoms with Crippen LogP contribution >= 0.6 is 0 Å². The number of amides is 1. The molecule has 53 heavy (non-hydrogen) atoms. The number of rotatable bonds is 16. The van der Waals surface area contributed by atoms with Gasteiger partial charge in [0.25, 0.3) is 0 Å². The molecule has 1 amide bonds. The first-order chi connectivity index (χ1) is 24.2. The zero-order valence-electron chi connectivity index (χ0n) is 27.4. The van der Waals surface area contributed by atoms with Crippen molar-refractivity contribution >= 4 is 43.0 Å². The van der Waals surface area contributed by atoms with Crippen molar-refractivity contribution in [2.45, 2.75) is 119 Å². The number of hydrogen-bond donors (Lipinski definition) is 11. The highest BCUT2D eigenvalue weighted by Gasteiger charge is 2.57. The van der Waals surface area contributed by atoms with Gasteiger partial charge in [0.1, 0.15) is 60.9 Å². The van der Waals surface area contributed by atoms with Gasteiger partial charge in [0.2, 0.25) is 5.91 Å². The molecule has 3 saturated heterocycles. The average molecular weight is 841 g/mol. The Morgan fingerprint density at radius 3 is 1.81 bits per heavy atom. The summed E-state index contributed by atoms with van der Waals surface area (Å²) in [6, 6.07) is -3.82. The first-order valence-electron chi connectivity index (χ1n) is 15.0. The summed E-state index contributed by atoms with van der Waals surface area (Å²) in [6.45, 7) is 1.89. The SMILES string of the molecule is CC(=O)N[C@H]1[C@@H](OC(C)C)O[C@H](CO)[C@@H](O[C@@H]2O[C@H](C(=O)O)[C@@H](O[C@H]3O[C@H](COS(=O)(=O)O)[C@@H](O)[C@H](O)[C@H]3NS(=O)(=O)O)[C@H](O)[C@H]2OS(=O)(=O)O)[C@@H]1O. The van der Waals surface area contributed by atoms with Crippen LogP contribution in [0.5, 0.6) is 0 Å². The molecule has 310 valence electrons. The predicted octanol–water partition coefficient (Wildman–Crippen LogP) is -6.85. The van der Waals surface area contributed by atoms with Gasteiger partial charge in [0.05, 0.1) is 19.3 Å². The third kappa shape index (κ3) is 12.6.